The fourth-order valence-electron chi connectivity index (χ4n) is 1.76. The minimum absolute atomic E-state index is 0.0764. The molecule has 2 N–H and O–H groups in total. The highest BCUT2D eigenvalue weighted by molar-refractivity contribution is 7.89. The van der Waals surface area contributed by atoms with Gasteiger partial charge >= 0.3 is 0 Å². The van der Waals surface area contributed by atoms with Crippen molar-refractivity contribution in [3.63, 3.8) is 0 Å². The van der Waals surface area contributed by atoms with Gasteiger partial charge in [-0.3, -0.25) is 0 Å². The zero-order valence-electron chi connectivity index (χ0n) is 13.2. The molecule has 0 spiro atoms. The summed E-state index contributed by atoms with van der Waals surface area (Å²) >= 11 is 0. The number of nitrogens with one attached hydrogen (secondary N) is 2. The highest BCUT2D eigenvalue weighted by Gasteiger charge is 2.20. The average Bonchev–Trinajstić information content (AvgIpc) is 2.77. The molecule has 0 fully saturated rings. The highest BCUT2D eigenvalue weighted by atomic mass is 32.2. The summed E-state index contributed by atoms with van der Waals surface area (Å²) in [7, 11) is -3.43. The van der Waals surface area contributed by atoms with Gasteiger partial charge in [-0.1, -0.05) is 27.7 Å². The monoisotopic (exact) mass is 301 g/mol. The van der Waals surface area contributed by atoms with Crippen molar-refractivity contribution in [2.45, 2.75) is 52.6 Å². The second-order valence-corrected chi connectivity index (χ2v) is 7.89. The van der Waals surface area contributed by atoms with E-state index in [-0.39, 0.29) is 5.41 Å². The molecule has 0 aliphatic carbocycles. The molecule has 1 heterocycles. The van der Waals surface area contributed by atoms with Crippen molar-refractivity contribution in [1.29, 1.82) is 0 Å². The van der Waals surface area contributed by atoms with Gasteiger partial charge in [0.1, 0.15) is 0 Å². The number of sulfonamides is 1. The normalized spacial score (nSPS) is 12.8. The van der Waals surface area contributed by atoms with Crippen LogP contribution in [0.3, 0.4) is 0 Å². The van der Waals surface area contributed by atoms with Crippen molar-refractivity contribution >= 4 is 10.0 Å². The van der Waals surface area contributed by atoms with Gasteiger partial charge in [0.05, 0.1) is 4.90 Å². The largest absolute Gasteiger partial charge is 0.349 e. The molecule has 0 bridgehead atoms. The lowest BCUT2D eigenvalue weighted by Gasteiger charge is -2.18. The minimum Gasteiger partial charge on any atom is -0.349 e. The molecule has 0 radical (unpaired) electrons. The Balaban J connectivity index is 2.92. The van der Waals surface area contributed by atoms with Crippen LogP contribution in [0.4, 0.5) is 0 Å². The molecule has 0 atom stereocenters. The lowest BCUT2D eigenvalue weighted by molar-refractivity contribution is 0.407. The lowest BCUT2D eigenvalue weighted by Crippen LogP contribution is -2.32. The number of hydrogen-bond donors (Lipinski definition) is 2. The predicted octanol–water partition coefficient (Wildman–Crippen LogP) is 1.94. The van der Waals surface area contributed by atoms with E-state index in [1.54, 1.807) is 12.3 Å². The number of aromatic nitrogens is 1. The Morgan fingerprint density at radius 3 is 2.40 bits per heavy atom. The van der Waals surface area contributed by atoms with E-state index in [0.29, 0.717) is 18.0 Å². The van der Waals surface area contributed by atoms with Crippen molar-refractivity contribution in [2.24, 2.45) is 5.41 Å². The predicted molar refractivity (Wildman–Crippen MR) is 82.1 cm³/mol. The summed E-state index contributed by atoms with van der Waals surface area (Å²) in [5.74, 6) is 0. The standard InChI is InChI=1S/C14H27N3O2S/c1-6-15-9-12-8-13(10-17(12)7-2)20(18,19)16-11-14(3,4)5/h8,10,15-16H,6-7,9,11H2,1-5H3. The molecule has 6 heteroatoms. The molecule has 116 valence electrons. The van der Waals surface area contributed by atoms with E-state index in [1.165, 1.54) is 0 Å². The number of aryl methyl sites for hydroxylation is 1. The Morgan fingerprint density at radius 2 is 1.90 bits per heavy atom. The van der Waals surface area contributed by atoms with Crippen LogP contribution in [-0.2, 0) is 23.1 Å². The van der Waals surface area contributed by atoms with Gasteiger partial charge in [0.25, 0.3) is 0 Å². The van der Waals surface area contributed by atoms with Crippen LogP contribution in [0.25, 0.3) is 0 Å². The Hall–Kier alpha value is -0.850. The van der Waals surface area contributed by atoms with Crippen molar-refractivity contribution in [2.75, 3.05) is 13.1 Å². The molecule has 0 amide bonds. The molecular weight excluding hydrogens is 274 g/mol. The first-order valence-electron chi connectivity index (χ1n) is 7.09. The maximum atomic E-state index is 12.3. The van der Waals surface area contributed by atoms with E-state index < -0.39 is 10.0 Å². The number of hydrogen-bond acceptors (Lipinski definition) is 3. The fourth-order valence-corrected chi connectivity index (χ4v) is 3.11. The van der Waals surface area contributed by atoms with Crippen LogP contribution in [0, 0.1) is 5.41 Å². The molecule has 0 aliphatic rings. The van der Waals surface area contributed by atoms with Crippen molar-refractivity contribution in [3.8, 4) is 0 Å². The Labute approximate surface area is 122 Å². The second-order valence-electron chi connectivity index (χ2n) is 6.12. The van der Waals surface area contributed by atoms with Crippen molar-refractivity contribution in [1.82, 2.24) is 14.6 Å². The summed E-state index contributed by atoms with van der Waals surface area (Å²) in [5.41, 5.74) is 0.915. The Kier molecular flexibility index (Phi) is 5.79. The molecule has 0 saturated heterocycles. The Morgan fingerprint density at radius 1 is 1.25 bits per heavy atom. The van der Waals surface area contributed by atoms with Crippen LogP contribution in [0.15, 0.2) is 17.2 Å². The van der Waals surface area contributed by atoms with Crippen LogP contribution < -0.4 is 10.0 Å². The smallest absolute Gasteiger partial charge is 0.242 e. The van der Waals surface area contributed by atoms with Gasteiger partial charge in [0.15, 0.2) is 0 Å². The van der Waals surface area contributed by atoms with Gasteiger partial charge in [-0.25, -0.2) is 13.1 Å². The Bertz CT molecular complexity index is 527. The second kappa shape index (κ2) is 6.74. The van der Waals surface area contributed by atoms with Gasteiger partial charge in [0.2, 0.25) is 10.0 Å². The van der Waals surface area contributed by atoms with Crippen LogP contribution >= 0.6 is 0 Å². The van der Waals surface area contributed by atoms with Crippen LogP contribution in [0.1, 0.15) is 40.3 Å². The van der Waals surface area contributed by atoms with E-state index in [4.69, 9.17) is 0 Å². The topological polar surface area (TPSA) is 63.1 Å². The third-order valence-electron chi connectivity index (χ3n) is 2.96. The third kappa shape index (κ3) is 4.92. The minimum atomic E-state index is -3.43. The van der Waals surface area contributed by atoms with Gasteiger partial charge in [-0.15, -0.1) is 0 Å². The van der Waals surface area contributed by atoms with Crippen molar-refractivity contribution < 1.29 is 8.42 Å². The molecule has 5 nitrogen and oxygen atoms in total. The maximum absolute atomic E-state index is 12.3. The van der Waals surface area contributed by atoms with E-state index >= 15 is 0 Å². The van der Waals surface area contributed by atoms with Crippen molar-refractivity contribution in [3.05, 3.63) is 18.0 Å². The third-order valence-corrected chi connectivity index (χ3v) is 4.33. The van der Waals surface area contributed by atoms with Gasteiger partial charge in [-0.05, 0) is 24.9 Å². The first-order chi connectivity index (χ1) is 9.19. The average molecular weight is 301 g/mol. The van der Waals surface area contributed by atoms with Gasteiger partial charge in [-0.2, -0.15) is 0 Å². The molecule has 0 saturated carbocycles. The first-order valence-corrected chi connectivity index (χ1v) is 8.57. The summed E-state index contributed by atoms with van der Waals surface area (Å²) in [5, 5.41) is 3.22. The number of nitrogens with zero attached hydrogens (tertiary/aromatic N) is 1. The zero-order chi connectivity index (χ0) is 15.4. The van der Waals surface area contributed by atoms with E-state index in [2.05, 4.69) is 10.0 Å². The molecule has 1 rings (SSSR count). The number of rotatable bonds is 7. The van der Waals surface area contributed by atoms with Crippen LogP contribution in [0.5, 0.6) is 0 Å². The van der Waals surface area contributed by atoms with Gasteiger partial charge in [0, 0.05) is 31.5 Å². The quantitative estimate of drug-likeness (QED) is 0.809. The summed E-state index contributed by atoms with van der Waals surface area (Å²) in [6, 6.07) is 1.75. The molecule has 20 heavy (non-hydrogen) atoms. The van der Waals surface area contributed by atoms with E-state index in [0.717, 1.165) is 18.8 Å². The summed E-state index contributed by atoms with van der Waals surface area (Å²) in [6.45, 7) is 12.8. The van der Waals surface area contributed by atoms with Crippen LogP contribution in [-0.4, -0.2) is 26.1 Å². The first kappa shape index (κ1) is 17.2. The highest BCUT2D eigenvalue weighted by Crippen LogP contribution is 2.17. The molecule has 0 unspecified atom stereocenters. The maximum Gasteiger partial charge on any atom is 0.242 e. The lowest BCUT2D eigenvalue weighted by atomic mass is 9.98. The van der Waals surface area contributed by atoms with Crippen LogP contribution in [0.2, 0.25) is 0 Å². The van der Waals surface area contributed by atoms with E-state index in [1.807, 2.05) is 39.2 Å². The summed E-state index contributed by atoms with van der Waals surface area (Å²) in [6.07, 6.45) is 1.71. The molecule has 1 aromatic rings. The van der Waals surface area contributed by atoms with E-state index in [9.17, 15) is 8.42 Å². The zero-order valence-corrected chi connectivity index (χ0v) is 14.0. The molecular formula is C14H27N3O2S. The van der Waals surface area contributed by atoms with Gasteiger partial charge < -0.3 is 9.88 Å². The molecule has 1 aromatic heterocycles. The summed E-state index contributed by atoms with van der Waals surface area (Å²) < 4.78 is 29.2. The SMILES string of the molecule is CCNCc1cc(S(=O)(=O)NCC(C)(C)C)cn1CC. The molecule has 0 aromatic carbocycles. The molecule has 0 aliphatic heterocycles. The summed E-state index contributed by atoms with van der Waals surface area (Å²) in [4.78, 5) is 0.344. The fraction of sp³-hybridized carbons (Fsp3) is 0.714.